The zero-order valence-electron chi connectivity index (χ0n) is 7.79. The molecular weight excluding hydrogens is 204 g/mol. The quantitative estimate of drug-likeness (QED) is 0.589. The highest BCUT2D eigenvalue weighted by Crippen LogP contribution is 2.41. The van der Waals surface area contributed by atoms with Gasteiger partial charge in [0.25, 0.3) is 0 Å². The summed E-state index contributed by atoms with van der Waals surface area (Å²) in [6, 6.07) is 1.59. The number of rotatable bonds is 2. The van der Waals surface area contributed by atoms with E-state index in [0.717, 1.165) is 10.5 Å². The Bertz CT molecular complexity index is 324. The number of phenols is 2. The highest BCUT2D eigenvalue weighted by molar-refractivity contribution is 7.99. The summed E-state index contributed by atoms with van der Waals surface area (Å²) in [5.74, 6) is 0.516. The van der Waals surface area contributed by atoms with Crippen LogP contribution in [0, 0.1) is 6.92 Å². The second kappa shape index (κ2) is 4.15. The van der Waals surface area contributed by atoms with Gasteiger partial charge in [0.1, 0.15) is 11.5 Å². The van der Waals surface area contributed by atoms with Crippen LogP contribution in [0.5, 0.6) is 11.5 Å². The zero-order valence-corrected chi connectivity index (χ0v) is 9.42. The molecule has 0 aliphatic rings. The van der Waals surface area contributed by atoms with Crippen LogP contribution in [0.1, 0.15) is 5.56 Å². The van der Waals surface area contributed by atoms with Crippen molar-refractivity contribution in [1.82, 2.24) is 0 Å². The number of aromatic hydroxyl groups is 2. The highest BCUT2D eigenvalue weighted by Gasteiger charge is 2.12. The molecule has 0 atom stereocenters. The van der Waals surface area contributed by atoms with E-state index >= 15 is 0 Å². The lowest BCUT2D eigenvalue weighted by Gasteiger charge is -2.10. The van der Waals surface area contributed by atoms with Gasteiger partial charge in [-0.2, -0.15) is 0 Å². The number of thioether (sulfide) groups is 2. The molecule has 2 N–H and O–H groups in total. The Kier molecular flexibility index (Phi) is 3.39. The van der Waals surface area contributed by atoms with Gasteiger partial charge in [0.2, 0.25) is 0 Å². The Hall–Kier alpha value is -0.480. The van der Waals surface area contributed by atoms with Gasteiger partial charge >= 0.3 is 0 Å². The summed E-state index contributed by atoms with van der Waals surface area (Å²) >= 11 is 2.87. The lowest BCUT2D eigenvalue weighted by molar-refractivity contribution is 0.432. The SMILES string of the molecule is CSc1cc(O)c(C)c(SC)c1O. The minimum atomic E-state index is 0.242. The Morgan fingerprint density at radius 3 is 2.23 bits per heavy atom. The monoisotopic (exact) mass is 216 g/mol. The molecule has 0 aliphatic heterocycles. The van der Waals surface area contributed by atoms with E-state index in [9.17, 15) is 10.2 Å². The van der Waals surface area contributed by atoms with Crippen molar-refractivity contribution in [2.75, 3.05) is 12.5 Å². The Morgan fingerprint density at radius 1 is 1.15 bits per heavy atom. The summed E-state index contributed by atoms with van der Waals surface area (Å²) in [4.78, 5) is 1.47. The second-order valence-electron chi connectivity index (χ2n) is 2.60. The molecule has 0 aliphatic carbocycles. The summed E-state index contributed by atoms with van der Waals surface area (Å²) in [7, 11) is 0. The predicted molar refractivity (Wildman–Crippen MR) is 58.1 cm³/mol. The van der Waals surface area contributed by atoms with E-state index in [4.69, 9.17) is 0 Å². The lowest BCUT2D eigenvalue weighted by Crippen LogP contribution is -1.84. The molecule has 0 radical (unpaired) electrons. The van der Waals surface area contributed by atoms with E-state index in [-0.39, 0.29) is 11.5 Å². The summed E-state index contributed by atoms with van der Waals surface area (Å²) in [6.07, 6.45) is 3.75. The zero-order chi connectivity index (χ0) is 10.0. The summed E-state index contributed by atoms with van der Waals surface area (Å²) in [6.45, 7) is 1.80. The molecule has 0 heterocycles. The standard InChI is InChI=1S/C9H12O2S2/c1-5-6(10)4-7(12-2)8(11)9(5)13-3/h4,10-11H,1-3H3. The minimum absolute atomic E-state index is 0.242. The fourth-order valence-electron chi connectivity index (χ4n) is 1.11. The Morgan fingerprint density at radius 2 is 1.77 bits per heavy atom. The summed E-state index contributed by atoms with van der Waals surface area (Å²) in [5, 5.41) is 19.3. The first-order valence-corrected chi connectivity index (χ1v) is 6.20. The normalized spacial score (nSPS) is 10.4. The lowest BCUT2D eigenvalue weighted by atomic mass is 10.2. The molecule has 0 spiro atoms. The molecule has 0 fully saturated rings. The average Bonchev–Trinajstić information content (AvgIpc) is 2.12. The molecule has 2 nitrogen and oxygen atoms in total. The number of phenolic OH excluding ortho intramolecular Hbond substituents is 2. The molecule has 4 heteroatoms. The van der Waals surface area contributed by atoms with E-state index in [1.807, 2.05) is 12.5 Å². The van der Waals surface area contributed by atoms with E-state index in [1.54, 1.807) is 13.0 Å². The Balaban J connectivity index is 3.39. The van der Waals surface area contributed by atoms with Gasteiger partial charge in [0, 0.05) is 5.56 Å². The second-order valence-corrected chi connectivity index (χ2v) is 4.27. The van der Waals surface area contributed by atoms with Gasteiger partial charge in [-0.15, -0.1) is 23.5 Å². The van der Waals surface area contributed by atoms with Crippen LogP contribution in [-0.4, -0.2) is 22.7 Å². The predicted octanol–water partition coefficient (Wildman–Crippen LogP) is 2.85. The van der Waals surface area contributed by atoms with Crippen LogP contribution in [0.2, 0.25) is 0 Å². The van der Waals surface area contributed by atoms with Crippen LogP contribution in [0.15, 0.2) is 15.9 Å². The van der Waals surface area contributed by atoms with E-state index in [2.05, 4.69) is 0 Å². The van der Waals surface area contributed by atoms with Crippen LogP contribution < -0.4 is 0 Å². The van der Waals surface area contributed by atoms with E-state index < -0.39 is 0 Å². The minimum Gasteiger partial charge on any atom is -0.508 e. The van der Waals surface area contributed by atoms with Crippen molar-refractivity contribution in [2.24, 2.45) is 0 Å². The van der Waals surface area contributed by atoms with Crippen LogP contribution >= 0.6 is 23.5 Å². The first-order valence-electron chi connectivity index (χ1n) is 3.75. The van der Waals surface area contributed by atoms with Crippen molar-refractivity contribution in [2.45, 2.75) is 16.7 Å². The third-order valence-electron chi connectivity index (χ3n) is 1.87. The van der Waals surface area contributed by atoms with Crippen LogP contribution in [0.3, 0.4) is 0 Å². The van der Waals surface area contributed by atoms with Gasteiger partial charge in [-0.1, -0.05) is 0 Å². The fraction of sp³-hybridized carbons (Fsp3) is 0.333. The number of hydrogen-bond donors (Lipinski definition) is 2. The molecule has 1 rings (SSSR count). The van der Waals surface area contributed by atoms with Crippen molar-refractivity contribution in [3.05, 3.63) is 11.6 Å². The average molecular weight is 216 g/mol. The molecule has 1 aromatic carbocycles. The maximum absolute atomic E-state index is 9.74. The smallest absolute Gasteiger partial charge is 0.143 e. The van der Waals surface area contributed by atoms with Gasteiger partial charge in [0.15, 0.2) is 0 Å². The fourth-order valence-corrected chi connectivity index (χ4v) is 2.42. The first-order chi connectivity index (χ1) is 6.11. The van der Waals surface area contributed by atoms with Crippen molar-refractivity contribution < 1.29 is 10.2 Å². The Labute approximate surface area is 86.4 Å². The third kappa shape index (κ3) is 1.89. The maximum Gasteiger partial charge on any atom is 0.143 e. The molecule has 72 valence electrons. The summed E-state index contributed by atoms with van der Waals surface area (Å²) < 4.78 is 0. The third-order valence-corrected chi connectivity index (χ3v) is 3.52. The van der Waals surface area contributed by atoms with Crippen molar-refractivity contribution in [3.8, 4) is 11.5 Å². The first kappa shape index (κ1) is 10.6. The van der Waals surface area contributed by atoms with Gasteiger partial charge in [-0.05, 0) is 25.5 Å². The molecular formula is C9H12O2S2. The summed E-state index contributed by atoms with van der Waals surface area (Å²) in [5.41, 5.74) is 0.739. The topological polar surface area (TPSA) is 40.5 Å². The molecule has 0 bridgehead atoms. The van der Waals surface area contributed by atoms with Crippen molar-refractivity contribution in [3.63, 3.8) is 0 Å². The van der Waals surface area contributed by atoms with Crippen LogP contribution in [0.4, 0.5) is 0 Å². The molecule has 0 aromatic heterocycles. The molecule has 1 aromatic rings. The van der Waals surface area contributed by atoms with Gasteiger partial charge in [-0.25, -0.2) is 0 Å². The highest BCUT2D eigenvalue weighted by atomic mass is 32.2. The van der Waals surface area contributed by atoms with Gasteiger partial charge in [-0.3, -0.25) is 0 Å². The van der Waals surface area contributed by atoms with Crippen molar-refractivity contribution in [1.29, 1.82) is 0 Å². The molecule has 0 unspecified atom stereocenters. The molecule has 13 heavy (non-hydrogen) atoms. The van der Waals surface area contributed by atoms with E-state index in [0.29, 0.717) is 4.90 Å². The van der Waals surface area contributed by atoms with Crippen molar-refractivity contribution >= 4 is 23.5 Å². The van der Waals surface area contributed by atoms with Gasteiger partial charge in [0.05, 0.1) is 9.79 Å². The number of benzene rings is 1. The van der Waals surface area contributed by atoms with Crippen LogP contribution in [-0.2, 0) is 0 Å². The van der Waals surface area contributed by atoms with Crippen LogP contribution in [0.25, 0.3) is 0 Å². The van der Waals surface area contributed by atoms with Gasteiger partial charge < -0.3 is 10.2 Å². The molecule has 0 saturated heterocycles. The molecule has 0 saturated carbocycles. The molecule has 0 amide bonds. The number of hydrogen-bond acceptors (Lipinski definition) is 4. The van der Waals surface area contributed by atoms with E-state index in [1.165, 1.54) is 23.5 Å². The largest absolute Gasteiger partial charge is 0.508 e. The maximum atomic E-state index is 9.74.